The summed E-state index contributed by atoms with van der Waals surface area (Å²) in [6.07, 6.45) is 0.915. The van der Waals surface area contributed by atoms with Crippen LogP contribution in [0.15, 0.2) is 16.7 Å². The minimum Gasteiger partial charge on any atom is -0.364 e. The number of aromatic nitrogens is 1. The van der Waals surface area contributed by atoms with Gasteiger partial charge >= 0.3 is 0 Å². The number of hydrogen-bond donors (Lipinski definition) is 0. The van der Waals surface area contributed by atoms with Crippen LogP contribution >= 0.6 is 15.9 Å². The van der Waals surface area contributed by atoms with Crippen molar-refractivity contribution < 1.29 is 13.6 Å². The molecule has 0 unspecified atom stereocenters. The SMILES string of the molecule is O=Cc1nc(Br)ccc1N1CCCC(F)(F)C1. The highest BCUT2D eigenvalue weighted by atomic mass is 79.9. The average Bonchev–Trinajstić information content (AvgIpc) is 2.27. The third-order valence-electron chi connectivity index (χ3n) is 2.71. The molecule has 92 valence electrons. The van der Waals surface area contributed by atoms with Crippen molar-refractivity contribution in [3.8, 4) is 0 Å². The molecule has 2 rings (SSSR count). The number of rotatable bonds is 2. The van der Waals surface area contributed by atoms with Gasteiger partial charge in [0.15, 0.2) is 6.29 Å². The Morgan fingerprint density at radius 2 is 2.24 bits per heavy atom. The Kier molecular flexibility index (Phi) is 3.42. The molecule has 1 aliphatic heterocycles. The van der Waals surface area contributed by atoms with Crippen LogP contribution in [0.4, 0.5) is 14.5 Å². The lowest BCUT2D eigenvalue weighted by Gasteiger charge is -2.34. The third kappa shape index (κ3) is 2.80. The zero-order valence-corrected chi connectivity index (χ0v) is 10.6. The third-order valence-corrected chi connectivity index (χ3v) is 3.16. The predicted octanol–water partition coefficient (Wildman–Crippen LogP) is 2.89. The molecule has 0 radical (unpaired) electrons. The quantitative estimate of drug-likeness (QED) is 0.622. The maximum absolute atomic E-state index is 13.3. The Morgan fingerprint density at radius 1 is 1.47 bits per heavy atom. The van der Waals surface area contributed by atoms with Crippen molar-refractivity contribution >= 4 is 27.9 Å². The van der Waals surface area contributed by atoms with E-state index in [4.69, 9.17) is 0 Å². The molecule has 6 heteroatoms. The summed E-state index contributed by atoms with van der Waals surface area (Å²) in [5, 5.41) is 0. The maximum Gasteiger partial charge on any atom is 0.265 e. The van der Waals surface area contributed by atoms with Gasteiger partial charge in [-0.3, -0.25) is 4.79 Å². The van der Waals surface area contributed by atoms with Gasteiger partial charge in [0.1, 0.15) is 10.3 Å². The van der Waals surface area contributed by atoms with E-state index in [0.29, 0.717) is 29.5 Å². The van der Waals surface area contributed by atoms with Gasteiger partial charge in [-0.15, -0.1) is 0 Å². The summed E-state index contributed by atoms with van der Waals surface area (Å²) in [6, 6.07) is 3.29. The van der Waals surface area contributed by atoms with Crippen molar-refractivity contribution in [1.29, 1.82) is 0 Å². The lowest BCUT2D eigenvalue weighted by Crippen LogP contribution is -2.43. The number of carbonyl (C=O) groups excluding carboxylic acids is 1. The molecule has 1 aromatic heterocycles. The second-order valence-corrected chi connectivity index (χ2v) is 4.85. The summed E-state index contributed by atoms with van der Waals surface area (Å²) in [6.45, 7) is 0.177. The van der Waals surface area contributed by atoms with Gasteiger partial charge in [0.2, 0.25) is 0 Å². The highest BCUT2D eigenvalue weighted by molar-refractivity contribution is 9.10. The molecule has 0 amide bonds. The number of nitrogens with zero attached hydrogens (tertiary/aromatic N) is 2. The first-order chi connectivity index (χ1) is 8.02. The molecule has 1 aliphatic rings. The average molecular weight is 305 g/mol. The van der Waals surface area contributed by atoms with E-state index in [1.807, 2.05) is 0 Å². The van der Waals surface area contributed by atoms with Crippen LogP contribution in [-0.2, 0) is 0 Å². The van der Waals surface area contributed by atoms with E-state index in [-0.39, 0.29) is 18.7 Å². The van der Waals surface area contributed by atoms with E-state index in [2.05, 4.69) is 20.9 Å². The largest absolute Gasteiger partial charge is 0.364 e. The van der Waals surface area contributed by atoms with Crippen LogP contribution < -0.4 is 4.90 Å². The van der Waals surface area contributed by atoms with E-state index in [9.17, 15) is 13.6 Å². The zero-order valence-electron chi connectivity index (χ0n) is 9.00. The summed E-state index contributed by atoms with van der Waals surface area (Å²) in [7, 11) is 0. The molecular weight excluding hydrogens is 294 g/mol. The Bertz CT molecular complexity index is 439. The number of halogens is 3. The zero-order chi connectivity index (χ0) is 12.5. The lowest BCUT2D eigenvalue weighted by molar-refractivity contribution is -0.0117. The Labute approximate surface area is 106 Å². The van der Waals surface area contributed by atoms with Gasteiger partial charge in [-0.2, -0.15) is 0 Å². The minimum atomic E-state index is -2.69. The van der Waals surface area contributed by atoms with Gasteiger partial charge in [-0.05, 0) is 34.5 Å². The minimum absolute atomic E-state index is 0.0934. The van der Waals surface area contributed by atoms with Gasteiger partial charge < -0.3 is 4.90 Å². The van der Waals surface area contributed by atoms with Gasteiger partial charge in [0.05, 0.1) is 12.2 Å². The molecule has 1 aromatic rings. The summed E-state index contributed by atoms with van der Waals surface area (Å²) in [5.41, 5.74) is 0.666. The summed E-state index contributed by atoms with van der Waals surface area (Å²) >= 11 is 3.15. The van der Waals surface area contributed by atoms with Crippen LogP contribution in [0.25, 0.3) is 0 Å². The molecule has 0 N–H and O–H groups in total. The van der Waals surface area contributed by atoms with Crippen LogP contribution in [0.1, 0.15) is 23.3 Å². The Morgan fingerprint density at radius 3 is 2.88 bits per heavy atom. The number of anilines is 1. The van der Waals surface area contributed by atoms with Crippen molar-refractivity contribution in [3.05, 3.63) is 22.4 Å². The number of hydrogen-bond acceptors (Lipinski definition) is 3. The van der Waals surface area contributed by atoms with Crippen LogP contribution in [0, 0.1) is 0 Å². The first-order valence-electron chi connectivity index (χ1n) is 5.26. The molecule has 0 saturated carbocycles. The molecule has 2 heterocycles. The molecule has 0 spiro atoms. The summed E-state index contributed by atoms with van der Waals surface area (Å²) < 4.78 is 27.1. The van der Waals surface area contributed by atoms with E-state index < -0.39 is 5.92 Å². The van der Waals surface area contributed by atoms with Crippen molar-refractivity contribution in [2.75, 3.05) is 18.0 Å². The van der Waals surface area contributed by atoms with Crippen LogP contribution in [0.5, 0.6) is 0 Å². The second kappa shape index (κ2) is 4.68. The lowest BCUT2D eigenvalue weighted by atomic mass is 10.1. The molecule has 3 nitrogen and oxygen atoms in total. The number of alkyl halides is 2. The fourth-order valence-corrected chi connectivity index (χ4v) is 2.29. The predicted molar refractivity (Wildman–Crippen MR) is 63.7 cm³/mol. The van der Waals surface area contributed by atoms with Crippen LogP contribution in [0.2, 0.25) is 0 Å². The molecule has 0 aliphatic carbocycles. The summed E-state index contributed by atoms with van der Waals surface area (Å²) in [4.78, 5) is 16.4. The van der Waals surface area contributed by atoms with Gasteiger partial charge in [0.25, 0.3) is 5.92 Å². The molecule has 1 fully saturated rings. The normalized spacial score (nSPS) is 19.1. The van der Waals surface area contributed by atoms with Gasteiger partial charge in [-0.1, -0.05) is 0 Å². The van der Waals surface area contributed by atoms with Crippen LogP contribution in [0.3, 0.4) is 0 Å². The Hall–Kier alpha value is -1.04. The van der Waals surface area contributed by atoms with Crippen molar-refractivity contribution in [3.63, 3.8) is 0 Å². The van der Waals surface area contributed by atoms with Gasteiger partial charge in [0, 0.05) is 13.0 Å². The Balaban J connectivity index is 2.30. The highest BCUT2D eigenvalue weighted by Gasteiger charge is 2.35. The number of piperidine rings is 1. The molecule has 0 atom stereocenters. The maximum atomic E-state index is 13.3. The van der Waals surface area contributed by atoms with Crippen molar-refractivity contribution in [2.45, 2.75) is 18.8 Å². The fraction of sp³-hybridized carbons (Fsp3) is 0.455. The molecule has 0 bridgehead atoms. The van der Waals surface area contributed by atoms with E-state index in [1.54, 1.807) is 12.1 Å². The van der Waals surface area contributed by atoms with E-state index in [1.165, 1.54) is 4.90 Å². The topological polar surface area (TPSA) is 33.2 Å². The van der Waals surface area contributed by atoms with E-state index in [0.717, 1.165) is 0 Å². The number of pyridine rings is 1. The van der Waals surface area contributed by atoms with E-state index >= 15 is 0 Å². The molecule has 1 saturated heterocycles. The monoisotopic (exact) mass is 304 g/mol. The smallest absolute Gasteiger partial charge is 0.265 e. The van der Waals surface area contributed by atoms with Crippen LogP contribution in [-0.4, -0.2) is 30.3 Å². The summed E-state index contributed by atoms with van der Waals surface area (Å²) in [5.74, 6) is -2.69. The fourth-order valence-electron chi connectivity index (χ4n) is 1.97. The second-order valence-electron chi connectivity index (χ2n) is 4.04. The van der Waals surface area contributed by atoms with Crippen molar-refractivity contribution in [2.24, 2.45) is 0 Å². The van der Waals surface area contributed by atoms with Crippen molar-refractivity contribution in [1.82, 2.24) is 4.98 Å². The standard InChI is InChI=1S/C11H11BrF2N2O/c12-10-3-2-9(8(6-17)15-10)16-5-1-4-11(13,14)7-16/h2-3,6H,1,4-5,7H2. The first-order valence-corrected chi connectivity index (χ1v) is 6.06. The number of aldehydes is 1. The highest BCUT2D eigenvalue weighted by Crippen LogP contribution is 2.31. The number of carbonyl (C=O) groups is 1. The molecule has 0 aromatic carbocycles. The first kappa shape index (κ1) is 12.4. The van der Waals surface area contributed by atoms with Gasteiger partial charge in [-0.25, -0.2) is 13.8 Å². The molecule has 17 heavy (non-hydrogen) atoms. The molecular formula is C11H11BrF2N2O.